The number of rotatable bonds is 13. The number of carbonyl (C=O) groups excluding carboxylic acids is 2. The zero-order valence-corrected chi connectivity index (χ0v) is 14.7. The summed E-state index contributed by atoms with van der Waals surface area (Å²) in [6.07, 6.45) is 14.9. The van der Waals surface area contributed by atoms with E-state index >= 15 is 0 Å². The van der Waals surface area contributed by atoms with Crippen LogP contribution in [-0.4, -0.2) is 22.6 Å². The quantitative estimate of drug-likeness (QED) is 0.398. The molecule has 0 bridgehead atoms. The van der Waals surface area contributed by atoms with E-state index in [0.717, 1.165) is 32.1 Å². The number of hydrogen-bond donors (Lipinski definition) is 1. The molecular formula is C20H30O4. The fourth-order valence-corrected chi connectivity index (χ4v) is 3.04. The normalized spacial score (nSPS) is 20.1. The summed E-state index contributed by atoms with van der Waals surface area (Å²) in [5.41, 5.74) is 0. The van der Waals surface area contributed by atoms with Crippen molar-refractivity contribution in [3.05, 3.63) is 24.3 Å². The number of hydrogen-bond acceptors (Lipinski definition) is 3. The summed E-state index contributed by atoms with van der Waals surface area (Å²) >= 11 is 0. The monoisotopic (exact) mass is 334 g/mol. The molecule has 0 amide bonds. The molecular weight excluding hydrogens is 304 g/mol. The second-order valence-corrected chi connectivity index (χ2v) is 6.56. The Bertz CT molecular complexity index is 476. The fourth-order valence-electron chi connectivity index (χ4n) is 3.04. The largest absolute Gasteiger partial charge is 0.481 e. The summed E-state index contributed by atoms with van der Waals surface area (Å²) in [5, 5.41) is 8.58. The number of aliphatic carboxylic acids is 1. The minimum absolute atomic E-state index is 0.0659. The van der Waals surface area contributed by atoms with E-state index < -0.39 is 5.97 Å². The van der Waals surface area contributed by atoms with Crippen molar-refractivity contribution in [3.63, 3.8) is 0 Å². The average Bonchev–Trinajstić information content (AvgIpc) is 2.89. The lowest BCUT2D eigenvalue weighted by atomic mass is 9.87. The van der Waals surface area contributed by atoms with Crippen molar-refractivity contribution in [1.82, 2.24) is 0 Å². The predicted octanol–water partition coefficient (Wildman–Crippen LogP) is 4.49. The third-order valence-electron chi connectivity index (χ3n) is 4.52. The van der Waals surface area contributed by atoms with Gasteiger partial charge in [-0.1, -0.05) is 38.0 Å². The Morgan fingerprint density at radius 1 is 1.12 bits per heavy atom. The molecule has 0 aromatic heterocycles. The molecule has 1 aliphatic carbocycles. The van der Waals surface area contributed by atoms with Gasteiger partial charge in [0.05, 0.1) is 0 Å². The molecule has 0 fully saturated rings. The lowest BCUT2D eigenvalue weighted by molar-refractivity contribution is -0.137. The van der Waals surface area contributed by atoms with Crippen molar-refractivity contribution >= 4 is 17.5 Å². The minimum Gasteiger partial charge on any atom is -0.481 e. The summed E-state index contributed by atoms with van der Waals surface area (Å²) in [7, 11) is 0. The maximum atomic E-state index is 12.0. The summed E-state index contributed by atoms with van der Waals surface area (Å²) in [4.78, 5) is 34.3. The Balaban J connectivity index is 2.29. The molecule has 0 radical (unpaired) electrons. The molecule has 0 spiro atoms. The zero-order valence-electron chi connectivity index (χ0n) is 14.7. The highest BCUT2D eigenvalue weighted by atomic mass is 16.4. The fraction of sp³-hybridized carbons (Fsp3) is 0.650. The van der Waals surface area contributed by atoms with Crippen LogP contribution >= 0.6 is 0 Å². The molecule has 0 saturated carbocycles. The first-order chi connectivity index (χ1) is 11.5. The first-order valence-corrected chi connectivity index (χ1v) is 9.15. The Labute approximate surface area is 145 Å². The maximum Gasteiger partial charge on any atom is 0.303 e. The molecule has 0 heterocycles. The molecule has 134 valence electrons. The number of carboxylic acids is 1. The number of carboxylic acid groups (broad SMARTS) is 1. The van der Waals surface area contributed by atoms with Gasteiger partial charge in [0.1, 0.15) is 5.78 Å². The van der Waals surface area contributed by atoms with Crippen LogP contribution in [0.4, 0.5) is 0 Å². The molecule has 0 aromatic carbocycles. The Hall–Kier alpha value is -1.71. The molecule has 2 unspecified atom stereocenters. The van der Waals surface area contributed by atoms with Gasteiger partial charge in [-0.2, -0.15) is 0 Å². The zero-order chi connectivity index (χ0) is 17.8. The third kappa shape index (κ3) is 8.23. The van der Waals surface area contributed by atoms with Gasteiger partial charge in [0.2, 0.25) is 0 Å². The number of allylic oxidation sites excluding steroid dienone is 4. The van der Waals surface area contributed by atoms with E-state index in [4.69, 9.17) is 5.11 Å². The van der Waals surface area contributed by atoms with Crippen LogP contribution in [0, 0.1) is 11.8 Å². The topological polar surface area (TPSA) is 71.4 Å². The van der Waals surface area contributed by atoms with Crippen LogP contribution in [0.5, 0.6) is 0 Å². The molecule has 0 aliphatic heterocycles. The highest BCUT2D eigenvalue weighted by Gasteiger charge is 2.29. The van der Waals surface area contributed by atoms with E-state index in [9.17, 15) is 14.4 Å². The molecule has 1 rings (SSSR count). The van der Waals surface area contributed by atoms with Crippen molar-refractivity contribution in [2.45, 2.75) is 71.1 Å². The predicted molar refractivity (Wildman–Crippen MR) is 94.8 cm³/mol. The molecule has 24 heavy (non-hydrogen) atoms. The van der Waals surface area contributed by atoms with Crippen molar-refractivity contribution in [1.29, 1.82) is 0 Å². The lowest BCUT2D eigenvalue weighted by Gasteiger charge is -2.16. The second-order valence-electron chi connectivity index (χ2n) is 6.56. The summed E-state index contributed by atoms with van der Waals surface area (Å²) in [5.74, 6) is -0.247. The average molecular weight is 334 g/mol. The number of unbranched alkanes of at least 4 members (excludes halogenated alkanes) is 3. The minimum atomic E-state index is -0.767. The maximum absolute atomic E-state index is 12.0. The summed E-state index contributed by atoms with van der Waals surface area (Å²) < 4.78 is 0. The smallest absolute Gasteiger partial charge is 0.303 e. The molecule has 1 aliphatic rings. The molecule has 0 saturated heterocycles. The van der Waals surface area contributed by atoms with Crippen LogP contribution in [0.15, 0.2) is 24.3 Å². The highest BCUT2D eigenvalue weighted by molar-refractivity contribution is 5.95. The standard InChI is InChI=1S/C20H30O4/c1-2-3-6-10-17(21)13-14-18-16(12-15-19(18)22)9-7-4-5-8-11-20(23)24/h4,7,12,15-16,18H,2-3,5-6,8-11,13-14H2,1H3,(H,23,24). The second kappa shape index (κ2) is 11.8. The van der Waals surface area contributed by atoms with Gasteiger partial charge >= 0.3 is 5.97 Å². The van der Waals surface area contributed by atoms with E-state index in [1.54, 1.807) is 6.08 Å². The Kier molecular flexibility index (Phi) is 9.97. The van der Waals surface area contributed by atoms with Gasteiger partial charge < -0.3 is 5.11 Å². The van der Waals surface area contributed by atoms with Crippen molar-refractivity contribution in [2.24, 2.45) is 11.8 Å². The van der Waals surface area contributed by atoms with Crippen LogP contribution in [0.1, 0.15) is 71.1 Å². The van der Waals surface area contributed by atoms with Gasteiger partial charge in [0.15, 0.2) is 5.78 Å². The molecule has 4 heteroatoms. The van der Waals surface area contributed by atoms with Gasteiger partial charge in [-0.05, 0) is 44.1 Å². The van der Waals surface area contributed by atoms with Gasteiger partial charge in [-0.3, -0.25) is 14.4 Å². The lowest BCUT2D eigenvalue weighted by Crippen LogP contribution is -2.17. The number of Topliss-reactive ketones (excluding diaryl/α,β-unsaturated/α-hetero) is 1. The molecule has 1 N–H and O–H groups in total. The van der Waals surface area contributed by atoms with E-state index in [0.29, 0.717) is 25.7 Å². The van der Waals surface area contributed by atoms with Crippen LogP contribution in [-0.2, 0) is 14.4 Å². The third-order valence-corrected chi connectivity index (χ3v) is 4.52. The molecule has 0 aromatic rings. The van der Waals surface area contributed by atoms with Crippen LogP contribution < -0.4 is 0 Å². The van der Waals surface area contributed by atoms with E-state index in [1.165, 1.54) is 0 Å². The Morgan fingerprint density at radius 2 is 1.92 bits per heavy atom. The van der Waals surface area contributed by atoms with Crippen molar-refractivity contribution in [3.8, 4) is 0 Å². The van der Waals surface area contributed by atoms with Crippen LogP contribution in [0.25, 0.3) is 0 Å². The van der Waals surface area contributed by atoms with Crippen molar-refractivity contribution < 1.29 is 19.5 Å². The van der Waals surface area contributed by atoms with Crippen LogP contribution in [0.3, 0.4) is 0 Å². The van der Waals surface area contributed by atoms with Gasteiger partial charge in [0, 0.05) is 25.2 Å². The Morgan fingerprint density at radius 3 is 2.62 bits per heavy atom. The van der Waals surface area contributed by atoms with Crippen molar-refractivity contribution in [2.75, 3.05) is 0 Å². The summed E-state index contributed by atoms with van der Waals surface area (Å²) in [6, 6.07) is 0. The van der Waals surface area contributed by atoms with E-state index in [1.807, 2.05) is 18.2 Å². The first-order valence-electron chi connectivity index (χ1n) is 9.15. The van der Waals surface area contributed by atoms with E-state index in [2.05, 4.69) is 6.92 Å². The van der Waals surface area contributed by atoms with Gasteiger partial charge in [-0.25, -0.2) is 0 Å². The van der Waals surface area contributed by atoms with Crippen LogP contribution in [0.2, 0.25) is 0 Å². The number of ketones is 2. The molecule has 2 atom stereocenters. The number of carbonyl (C=O) groups is 3. The van der Waals surface area contributed by atoms with Gasteiger partial charge in [0.25, 0.3) is 0 Å². The molecule has 4 nitrogen and oxygen atoms in total. The van der Waals surface area contributed by atoms with E-state index in [-0.39, 0.29) is 29.8 Å². The SMILES string of the molecule is CCCCCC(=O)CCC1C(=O)C=CC1CC=CCCCC(=O)O. The van der Waals surface area contributed by atoms with Gasteiger partial charge in [-0.15, -0.1) is 0 Å². The summed E-state index contributed by atoms with van der Waals surface area (Å²) in [6.45, 7) is 2.12. The highest BCUT2D eigenvalue weighted by Crippen LogP contribution is 2.30. The first kappa shape index (κ1) is 20.3.